The third-order valence-electron chi connectivity index (χ3n) is 4.34. The highest BCUT2D eigenvalue weighted by Crippen LogP contribution is 2.31. The molecule has 0 unspecified atom stereocenters. The summed E-state index contributed by atoms with van der Waals surface area (Å²) in [5.41, 5.74) is 0.837. The lowest BCUT2D eigenvalue weighted by molar-refractivity contribution is 0.697. The second-order valence-electron chi connectivity index (χ2n) is 6.05. The number of thioether (sulfide) groups is 2. The number of imidazole rings is 1. The lowest BCUT2D eigenvalue weighted by Crippen LogP contribution is -2.37. The summed E-state index contributed by atoms with van der Waals surface area (Å²) in [7, 11) is 3.09. The largest absolute Gasteiger partial charge is 0.332 e. The van der Waals surface area contributed by atoms with Crippen LogP contribution in [0.3, 0.4) is 0 Å². The van der Waals surface area contributed by atoms with Gasteiger partial charge in [0, 0.05) is 24.9 Å². The zero-order valence-corrected chi connectivity index (χ0v) is 17.1. The third kappa shape index (κ3) is 3.24. The molecule has 0 saturated heterocycles. The molecule has 1 aliphatic heterocycles. The van der Waals surface area contributed by atoms with Crippen LogP contribution < -0.4 is 11.2 Å². The molecule has 0 aliphatic carbocycles. The molecule has 0 N–H and O–H groups in total. The van der Waals surface area contributed by atoms with Crippen LogP contribution in [0.2, 0.25) is 5.02 Å². The van der Waals surface area contributed by atoms with Gasteiger partial charge in [0.1, 0.15) is 4.38 Å². The summed E-state index contributed by atoms with van der Waals surface area (Å²) in [6, 6.07) is 7.49. The van der Waals surface area contributed by atoms with Crippen LogP contribution in [0.5, 0.6) is 0 Å². The summed E-state index contributed by atoms with van der Waals surface area (Å²) in [6.07, 6.45) is 0. The quantitative estimate of drug-likeness (QED) is 0.648. The molecule has 27 heavy (non-hydrogen) atoms. The molecule has 0 saturated carbocycles. The summed E-state index contributed by atoms with van der Waals surface area (Å²) in [5, 5.41) is 1.24. The maximum absolute atomic E-state index is 12.9. The van der Waals surface area contributed by atoms with E-state index in [2.05, 4.69) is 9.98 Å². The van der Waals surface area contributed by atoms with E-state index in [9.17, 15) is 9.59 Å². The molecule has 1 aliphatic rings. The molecule has 0 spiro atoms. The highest BCUT2D eigenvalue weighted by molar-refractivity contribution is 8.39. The van der Waals surface area contributed by atoms with Crippen molar-refractivity contribution in [3.63, 3.8) is 0 Å². The molecule has 140 valence electrons. The number of nitrogens with zero attached hydrogens (tertiary/aromatic N) is 5. The molecule has 10 heteroatoms. The van der Waals surface area contributed by atoms with E-state index in [4.69, 9.17) is 11.6 Å². The smallest absolute Gasteiger partial charge is 0.308 e. The Bertz CT molecular complexity index is 1190. The molecule has 0 fully saturated rings. The zero-order valence-electron chi connectivity index (χ0n) is 14.7. The Morgan fingerprint density at radius 2 is 2.00 bits per heavy atom. The van der Waals surface area contributed by atoms with Crippen LogP contribution in [0.1, 0.15) is 5.56 Å². The van der Waals surface area contributed by atoms with Crippen molar-refractivity contribution in [3.05, 3.63) is 55.7 Å². The number of fused-ring (bicyclic) bond motifs is 1. The summed E-state index contributed by atoms with van der Waals surface area (Å²) in [4.78, 5) is 34.2. The molecule has 0 amide bonds. The van der Waals surface area contributed by atoms with Crippen molar-refractivity contribution in [1.29, 1.82) is 0 Å². The molecule has 4 rings (SSSR count). The van der Waals surface area contributed by atoms with Crippen molar-refractivity contribution >= 4 is 50.7 Å². The van der Waals surface area contributed by atoms with Crippen LogP contribution in [0.15, 0.2) is 44.0 Å². The van der Waals surface area contributed by atoms with Gasteiger partial charge in [-0.2, -0.15) is 0 Å². The Hall–Kier alpha value is -1.97. The van der Waals surface area contributed by atoms with Gasteiger partial charge >= 0.3 is 5.69 Å². The minimum atomic E-state index is -0.404. The molecule has 7 nitrogen and oxygen atoms in total. The number of aromatic nitrogens is 4. The van der Waals surface area contributed by atoms with Crippen LogP contribution in [-0.2, 0) is 20.6 Å². The summed E-state index contributed by atoms with van der Waals surface area (Å²) < 4.78 is 5.23. The first-order valence-electron chi connectivity index (χ1n) is 8.22. The molecule has 0 bridgehead atoms. The number of aryl methyl sites for hydroxylation is 1. The molecule has 0 radical (unpaired) electrons. The molecular weight excluding hydrogens is 406 g/mol. The predicted molar refractivity (Wildman–Crippen MR) is 111 cm³/mol. The maximum Gasteiger partial charge on any atom is 0.332 e. The maximum atomic E-state index is 12.9. The molecule has 0 atom stereocenters. The normalized spacial score (nSPS) is 14.1. The van der Waals surface area contributed by atoms with Gasteiger partial charge in [-0.1, -0.05) is 41.6 Å². The molecule has 3 aromatic rings. The minimum absolute atomic E-state index is 0.362. The Kier molecular flexibility index (Phi) is 4.92. The highest BCUT2D eigenvalue weighted by atomic mass is 35.5. The number of aliphatic imine (C=N–C) groups is 1. The fourth-order valence-corrected chi connectivity index (χ4v) is 5.06. The molecular formula is C17H16ClN5O2S2. The summed E-state index contributed by atoms with van der Waals surface area (Å²) in [6.45, 7) is 1.15. The van der Waals surface area contributed by atoms with E-state index in [0.29, 0.717) is 27.9 Å². The number of halogens is 1. The van der Waals surface area contributed by atoms with Gasteiger partial charge in [0.2, 0.25) is 0 Å². The average molecular weight is 422 g/mol. The van der Waals surface area contributed by atoms with E-state index in [-0.39, 0.29) is 5.56 Å². The monoisotopic (exact) mass is 421 g/mol. The Morgan fingerprint density at radius 3 is 2.70 bits per heavy atom. The first-order chi connectivity index (χ1) is 13.0. The fraction of sp³-hybridized carbons (Fsp3) is 0.294. The zero-order chi connectivity index (χ0) is 19.1. The number of hydrogen-bond acceptors (Lipinski definition) is 6. The summed E-state index contributed by atoms with van der Waals surface area (Å²) in [5.74, 6) is 0.938. The first-order valence-corrected chi connectivity index (χ1v) is 10.4. The first kappa shape index (κ1) is 18.4. The van der Waals surface area contributed by atoms with Crippen molar-refractivity contribution < 1.29 is 0 Å². The second kappa shape index (κ2) is 7.21. The van der Waals surface area contributed by atoms with E-state index in [0.717, 1.165) is 26.8 Å². The predicted octanol–water partition coefficient (Wildman–Crippen LogP) is 2.33. The van der Waals surface area contributed by atoms with Gasteiger partial charge in [0.25, 0.3) is 5.56 Å². The third-order valence-corrected chi connectivity index (χ3v) is 6.87. The van der Waals surface area contributed by atoms with Gasteiger partial charge in [-0.25, -0.2) is 9.78 Å². The Labute approximate surface area is 168 Å². The van der Waals surface area contributed by atoms with Crippen molar-refractivity contribution in [2.24, 2.45) is 19.1 Å². The Balaban J connectivity index is 1.96. The van der Waals surface area contributed by atoms with E-state index in [1.165, 1.54) is 23.4 Å². The van der Waals surface area contributed by atoms with E-state index < -0.39 is 5.69 Å². The number of rotatable bonds is 3. The van der Waals surface area contributed by atoms with Crippen LogP contribution in [0.4, 0.5) is 0 Å². The SMILES string of the molecule is Cn1c(=O)c2c(nc(SC3=NCCS3)n2Cc2ccccc2Cl)n(C)c1=O. The van der Waals surface area contributed by atoms with E-state index >= 15 is 0 Å². The van der Waals surface area contributed by atoms with Gasteiger partial charge in [-0.3, -0.25) is 18.9 Å². The van der Waals surface area contributed by atoms with Gasteiger partial charge in [-0.15, -0.1) is 0 Å². The molecule has 3 heterocycles. The molecule has 1 aromatic carbocycles. The Morgan fingerprint density at radius 1 is 1.22 bits per heavy atom. The molecule has 2 aromatic heterocycles. The van der Waals surface area contributed by atoms with E-state index in [1.54, 1.807) is 18.8 Å². The number of hydrogen-bond donors (Lipinski definition) is 0. The highest BCUT2D eigenvalue weighted by Gasteiger charge is 2.22. The lowest BCUT2D eigenvalue weighted by Gasteiger charge is -2.10. The van der Waals surface area contributed by atoms with Gasteiger partial charge < -0.3 is 4.57 Å². The van der Waals surface area contributed by atoms with Gasteiger partial charge in [0.05, 0.1) is 13.1 Å². The van der Waals surface area contributed by atoms with Crippen LogP contribution in [0.25, 0.3) is 11.2 Å². The minimum Gasteiger partial charge on any atom is -0.308 e. The van der Waals surface area contributed by atoms with Crippen molar-refractivity contribution in [2.45, 2.75) is 11.7 Å². The topological polar surface area (TPSA) is 74.2 Å². The van der Waals surface area contributed by atoms with Crippen molar-refractivity contribution in [1.82, 2.24) is 18.7 Å². The fourth-order valence-electron chi connectivity index (χ4n) is 2.90. The number of benzene rings is 1. The van der Waals surface area contributed by atoms with Crippen molar-refractivity contribution in [3.8, 4) is 0 Å². The van der Waals surface area contributed by atoms with Crippen LogP contribution in [-0.4, -0.2) is 35.4 Å². The lowest BCUT2D eigenvalue weighted by atomic mass is 10.2. The van der Waals surface area contributed by atoms with Crippen molar-refractivity contribution in [2.75, 3.05) is 12.3 Å². The van der Waals surface area contributed by atoms with Crippen LogP contribution in [0, 0.1) is 0 Å². The standard InChI is InChI=1S/C17H16ClN5O2S2/c1-21-13-12(14(24)22(2)17(21)25)23(9-10-5-3-4-6-11(10)18)15(20-13)27-16-19-7-8-26-16/h3-6H,7-9H2,1-2H3. The average Bonchev–Trinajstić information content (AvgIpc) is 3.29. The second-order valence-corrected chi connectivity index (χ2v) is 8.75. The summed E-state index contributed by atoms with van der Waals surface area (Å²) >= 11 is 9.41. The van der Waals surface area contributed by atoms with Crippen LogP contribution >= 0.6 is 35.1 Å². The van der Waals surface area contributed by atoms with E-state index in [1.807, 2.05) is 28.8 Å². The van der Waals surface area contributed by atoms with Gasteiger partial charge in [0.15, 0.2) is 16.3 Å². The van der Waals surface area contributed by atoms with Gasteiger partial charge in [-0.05, 0) is 23.4 Å².